The molecule has 1 aliphatic heterocycles. The number of hydrogen-bond acceptors (Lipinski definition) is 6. The van der Waals surface area contributed by atoms with E-state index in [0.29, 0.717) is 24.3 Å². The summed E-state index contributed by atoms with van der Waals surface area (Å²) in [5, 5.41) is 29.9. The third-order valence-electron chi connectivity index (χ3n) is 6.61. The fourth-order valence-corrected chi connectivity index (χ4v) is 4.85. The van der Waals surface area contributed by atoms with E-state index >= 15 is 0 Å². The zero-order valence-electron chi connectivity index (χ0n) is 16.4. The van der Waals surface area contributed by atoms with Gasteiger partial charge in [-0.25, -0.2) is 0 Å². The average Bonchev–Trinajstić information content (AvgIpc) is 2.94. The van der Waals surface area contributed by atoms with Crippen LogP contribution in [-0.4, -0.2) is 54.3 Å². The number of anilines is 2. The van der Waals surface area contributed by atoms with Gasteiger partial charge < -0.3 is 30.7 Å². The highest BCUT2D eigenvalue weighted by atomic mass is 16.5. The van der Waals surface area contributed by atoms with Gasteiger partial charge in [0.15, 0.2) is 0 Å². The lowest BCUT2D eigenvalue weighted by Crippen LogP contribution is -2.49. The Morgan fingerprint density at radius 2 is 1.78 bits per heavy atom. The van der Waals surface area contributed by atoms with Crippen LogP contribution in [0.5, 0.6) is 5.75 Å². The molecule has 1 aliphatic carbocycles. The number of piperidine rings is 1. The van der Waals surface area contributed by atoms with Crippen molar-refractivity contribution in [2.45, 2.75) is 63.6 Å². The van der Waals surface area contributed by atoms with E-state index in [1.54, 1.807) is 7.11 Å². The van der Waals surface area contributed by atoms with Gasteiger partial charge in [0.1, 0.15) is 5.75 Å². The summed E-state index contributed by atoms with van der Waals surface area (Å²) in [6, 6.07) is 4.03. The van der Waals surface area contributed by atoms with Crippen molar-refractivity contribution in [3.05, 3.63) is 17.7 Å². The van der Waals surface area contributed by atoms with Crippen molar-refractivity contribution in [2.75, 3.05) is 37.4 Å². The first-order valence-corrected chi connectivity index (χ1v) is 10.2. The molecule has 3 rings (SSSR count). The van der Waals surface area contributed by atoms with Crippen LogP contribution >= 0.6 is 0 Å². The molecule has 0 radical (unpaired) electrons. The molecule has 0 amide bonds. The summed E-state index contributed by atoms with van der Waals surface area (Å²) in [6.45, 7) is 1.85. The first-order valence-electron chi connectivity index (χ1n) is 10.2. The van der Waals surface area contributed by atoms with E-state index in [-0.39, 0.29) is 12.0 Å². The number of aliphatic hydroxyl groups excluding tert-OH is 3. The van der Waals surface area contributed by atoms with Crippen LogP contribution in [0.3, 0.4) is 0 Å². The Labute approximate surface area is 161 Å². The molecule has 1 aromatic carbocycles. The number of hydrogen-bond donors (Lipinski definition) is 4. The molecular formula is C21H34N2O4. The molecule has 2 aliphatic rings. The Balaban J connectivity index is 1.76. The fraction of sp³-hybridized carbons (Fsp3) is 0.714. The van der Waals surface area contributed by atoms with Gasteiger partial charge in [0.05, 0.1) is 25.0 Å². The Hall–Kier alpha value is -1.50. The zero-order chi connectivity index (χ0) is 19.4. The molecule has 1 spiro atoms. The first-order chi connectivity index (χ1) is 13.0. The van der Waals surface area contributed by atoms with Crippen molar-refractivity contribution >= 4 is 11.4 Å². The van der Waals surface area contributed by atoms with Gasteiger partial charge in [-0.15, -0.1) is 0 Å². The Kier molecular flexibility index (Phi) is 6.50. The molecule has 6 heteroatoms. The van der Waals surface area contributed by atoms with Gasteiger partial charge in [-0.3, -0.25) is 0 Å². The van der Waals surface area contributed by atoms with E-state index in [1.807, 2.05) is 12.1 Å². The van der Waals surface area contributed by atoms with E-state index in [9.17, 15) is 10.2 Å². The number of aliphatic hydroxyl groups is 3. The Bertz CT molecular complexity index is 617. The Morgan fingerprint density at radius 3 is 2.37 bits per heavy atom. The van der Waals surface area contributed by atoms with E-state index in [0.717, 1.165) is 57.3 Å². The van der Waals surface area contributed by atoms with Crippen LogP contribution < -0.4 is 15.4 Å². The average molecular weight is 379 g/mol. The highest BCUT2D eigenvalue weighted by molar-refractivity contribution is 5.67. The van der Waals surface area contributed by atoms with Crippen LogP contribution in [0.2, 0.25) is 0 Å². The lowest BCUT2D eigenvalue weighted by atomic mass is 9.73. The van der Waals surface area contributed by atoms with Gasteiger partial charge in [0, 0.05) is 36.9 Å². The molecule has 1 aromatic rings. The number of aryl methyl sites for hydroxylation is 1. The summed E-state index contributed by atoms with van der Waals surface area (Å²) in [6.07, 6.45) is 5.94. The van der Waals surface area contributed by atoms with Crippen LogP contribution in [0.15, 0.2) is 12.1 Å². The standard InChI is InChI=1S/C21H34N2O4/c1-27-18-14-17(15(13-16(18)22)5-3-2-4-12-24)23-10-8-21(9-11-23)19(25)6-7-20(21)26/h13-14,19-20,24-26H,2-12,22H2,1H3. The van der Waals surface area contributed by atoms with E-state index in [4.69, 9.17) is 15.6 Å². The molecular weight excluding hydrogens is 344 g/mol. The summed E-state index contributed by atoms with van der Waals surface area (Å²) in [4.78, 5) is 2.34. The van der Waals surface area contributed by atoms with Gasteiger partial charge >= 0.3 is 0 Å². The molecule has 27 heavy (non-hydrogen) atoms. The predicted octanol–water partition coefficient (Wildman–Crippen LogP) is 2.08. The molecule has 1 saturated heterocycles. The van der Waals surface area contributed by atoms with Crippen LogP contribution in [0.4, 0.5) is 11.4 Å². The number of rotatable bonds is 7. The summed E-state index contributed by atoms with van der Waals surface area (Å²) in [5.74, 6) is 0.685. The molecule has 0 aromatic heterocycles. The molecule has 2 fully saturated rings. The molecule has 5 N–H and O–H groups in total. The number of nitrogens with zero attached hydrogens (tertiary/aromatic N) is 1. The second-order valence-corrected chi connectivity index (χ2v) is 8.09. The minimum Gasteiger partial charge on any atom is -0.495 e. The summed E-state index contributed by atoms with van der Waals surface area (Å²) in [7, 11) is 1.63. The van der Waals surface area contributed by atoms with Crippen molar-refractivity contribution < 1.29 is 20.1 Å². The highest BCUT2D eigenvalue weighted by Crippen LogP contribution is 2.47. The van der Waals surface area contributed by atoms with Crippen molar-refractivity contribution in [3.8, 4) is 5.75 Å². The summed E-state index contributed by atoms with van der Waals surface area (Å²) in [5.41, 5.74) is 8.80. The summed E-state index contributed by atoms with van der Waals surface area (Å²) < 4.78 is 5.44. The monoisotopic (exact) mass is 378 g/mol. The first kappa shape index (κ1) is 20.2. The molecule has 0 bridgehead atoms. The van der Waals surface area contributed by atoms with Gasteiger partial charge in [0.2, 0.25) is 0 Å². The van der Waals surface area contributed by atoms with Gasteiger partial charge in [-0.1, -0.05) is 6.42 Å². The quantitative estimate of drug-likeness (QED) is 0.428. The summed E-state index contributed by atoms with van der Waals surface area (Å²) >= 11 is 0. The van der Waals surface area contributed by atoms with E-state index < -0.39 is 12.2 Å². The van der Waals surface area contributed by atoms with Crippen molar-refractivity contribution in [1.29, 1.82) is 0 Å². The third kappa shape index (κ3) is 4.03. The normalized spacial score (nSPS) is 24.5. The van der Waals surface area contributed by atoms with E-state index in [2.05, 4.69) is 4.90 Å². The second-order valence-electron chi connectivity index (χ2n) is 8.09. The second kappa shape index (κ2) is 8.67. The number of ether oxygens (including phenoxy) is 1. The van der Waals surface area contributed by atoms with E-state index in [1.165, 1.54) is 5.56 Å². The molecule has 1 saturated carbocycles. The molecule has 1 heterocycles. The maximum atomic E-state index is 10.4. The van der Waals surface area contributed by atoms with Crippen LogP contribution in [0, 0.1) is 5.41 Å². The van der Waals surface area contributed by atoms with Crippen molar-refractivity contribution in [2.24, 2.45) is 5.41 Å². The fourth-order valence-electron chi connectivity index (χ4n) is 4.85. The topological polar surface area (TPSA) is 99.2 Å². The Morgan fingerprint density at radius 1 is 1.11 bits per heavy atom. The van der Waals surface area contributed by atoms with Crippen molar-refractivity contribution in [1.82, 2.24) is 0 Å². The lowest BCUT2D eigenvalue weighted by molar-refractivity contribution is -0.0402. The SMILES string of the molecule is COc1cc(N2CCC3(CC2)C(O)CCC3O)c(CCCCCO)cc1N. The third-order valence-corrected chi connectivity index (χ3v) is 6.61. The van der Waals surface area contributed by atoms with Gasteiger partial charge in [-0.2, -0.15) is 0 Å². The van der Waals surface area contributed by atoms with Crippen LogP contribution in [-0.2, 0) is 6.42 Å². The maximum absolute atomic E-state index is 10.4. The maximum Gasteiger partial charge on any atom is 0.143 e. The number of benzene rings is 1. The molecule has 2 unspecified atom stereocenters. The number of nitrogens with two attached hydrogens (primary N) is 1. The minimum absolute atomic E-state index is 0.233. The number of methoxy groups -OCH3 is 1. The van der Waals surface area contributed by atoms with Crippen LogP contribution in [0.25, 0.3) is 0 Å². The smallest absolute Gasteiger partial charge is 0.143 e. The predicted molar refractivity (Wildman–Crippen MR) is 107 cm³/mol. The van der Waals surface area contributed by atoms with Crippen molar-refractivity contribution in [3.63, 3.8) is 0 Å². The number of nitrogen functional groups attached to an aromatic ring is 1. The minimum atomic E-state index is -0.395. The molecule has 152 valence electrons. The number of unbranched alkanes of at least 4 members (excludes halogenated alkanes) is 2. The van der Waals surface area contributed by atoms with Crippen LogP contribution in [0.1, 0.15) is 50.5 Å². The van der Waals surface area contributed by atoms with Gasteiger partial charge in [0.25, 0.3) is 0 Å². The lowest BCUT2D eigenvalue weighted by Gasteiger charge is -2.44. The molecule has 6 nitrogen and oxygen atoms in total. The highest BCUT2D eigenvalue weighted by Gasteiger charge is 2.50. The zero-order valence-corrected chi connectivity index (χ0v) is 16.4. The largest absolute Gasteiger partial charge is 0.495 e. The molecule has 2 atom stereocenters. The van der Waals surface area contributed by atoms with Gasteiger partial charge in [-0.05, 0) is 56.6 Å².